The predicted octanol–water partition coefficient (Wildman–Crippen LogP) is 3.01. The summed E-state index contributed by atoms with van der Waals surface area (Å²) in [5, 5.41) is 8.28. The Balaban J connectivity index is 1.55. The third-order valence-corrected chi connectivity index (χ3v) is 4.01. The first-order valence-corrected chi connectivity index (χ1v) is 7.41. The Kier molecular flexibility index (Phi) is 4.11. The Hall–Kier alpha value is -1.68. The Bertz CT molecular complexity index is 530. The van der Waals surface area contributed by atoms with Crippen LogP contribution in [0.1, 0.15) is 25.7 Å². The molecule has 0 spiro atoms. The van der Waals surface area contributed by atoms with E-state index in [1.165, 1.54) is 25.9 Å². The molecule has 2 aromatic rings. The fourth-order valence-electron chi connectivity index (χ4n) is 2.59. The standard InChI is InChI=1S/C16H21N3O/c1-13-7-10-19(11-8-13)12-9-15-17-18-16(20-15)14-5-3-2-4-6-14/h2-6,13H,7-12H2,1H3. The Morgan fingerprint density at radius 3 is 2.65 bits per heavy atom. The van der Waals surface area contributed by atoms with Crippen LogP contribution in [0.4, 0.5) is 0 Å². The average Bonchev–Trinajstić information content (AvgIpc) is 2.97. The Labute approximate surface area is 119 Å². The summed E-state index contributed by atoms with van der Waals surface area (Å²) in [6, 6.07) is 9.92. The van der Waals surface area contributed by atoms with Crippen molar-refractivity contribution in [1.29, 1.82) is 0 Å². The summed E-state index contributed by atoms with van der Waals surface area (Å²) < 4.78 is 5.73. The van der Waals surface area contributed by atoms with Gasteiger partial charge in [0.25, 0.3) is 0 Å². The average molecular weight is 271 g/mol. The normalized spacial score (nSPS) is 17.4. The van der Waals surface area contributed by atoms with Gasteiger partial charge in [0.1, 0.15) is 0 Å². The molecule has 3 rings (SSSR count). The van der Waals surface area contributed by atoms with Crippen LogP contribution in [0.5, 0.6) is 0 Å². The van der Waals surface area contributed by atoms with Crippen molar-refractivity contribution in [3.8, 4) is 11.5 Å². The van der Waals surface area contributed by atoms with Gasteiger partial charge < -0.3 is 9.32 Å². The second-order valence-corrected chi connectivity index (χ2v) is 5.64. The van der Waals surface area contributed by atoms with Gasteiger partial charge in [0, 0.05) is 18.5 Å². The fourth-order valence-corrected chi connectivity index (χ4v) is 2.59. The van der Waals surface area contributed by atoms with Crippen LogP contribution < -0.4 is 0 Å². The van der Waals surface area contributed by atoms with E-state index in [9.17, 15) is 0 Å². The first-order valence-electron chi connectivity index (χ1n) is 7.41. The van der Waals surface area contributed by atoms with Crippen LogP contribution in [0.15, 0.2) is 34.7 Å². The summed E-state index contributed by atoms with van der Waals surface area (Å²) >= 11 is 0. The number of piperidine rings is 1. The number of hydrogen-bond acceptors (Lipinski definition) is 4. The van der Waals surface area contributed by atoms with Gasteiger partial charge in [-0.3, -0.25) is 0 Å². The molecular weight excluding hydrogens is 250 g/mol. The van der Waals surface area contributed by atoms with Crippen LogP contribution in [0.2, 0.25) is 0 Å². The van der Waals surface area contributed by atoms with E-state index in [1.807, 2.05) is 30.3 Å². The zero-order chi connectivity index (χ0) is 13.8. The van der Waals surface area contributed by atoms with Crippen molar-refractivity contribution < 1.29 is 4.42 Å². The van der Waals surface area contributed by atoms with Gasteiger partial charge in [-0.15, -0.1) is 10.2 Å². The molecule has 1 aromatic heterocycles. The number of likely N-dealkylation sites (tertiary alicyclic amines) is 1. The summed E-state index contributed by atoms with van der Waals surface area (Å²) in [6.07, 6.45) is 3.45. The van der Waals surface area contributed by atoms with Gasteiger partial charge >= 0.3 is 0 Å². The van der Waals surface area contributed by atoms with E-state index >= 15 is 0 Å². The van der Waals surface area contributed by atoms with Crippen molar-refractivity contribution in [3.05, 3.63) is 36.2 Å². The lowest BCUT2D eigenvalue weighted by Gasteiger charge is -2.29. The highest BCUT2D eigenvalue weighted by atomic mass is 16.4. The van der Waals surface area contributed by atoms with Crippen LogP contribution >= 0.6 is 0 Å². The molecule has 0 N–H and O–H groups in total. The van der Waals surface area contributed by atoms with Crippen LogP contribution in [0, 0.1) is 5.92 Å². The Morgan fingerprint density at radius 2 is 1.90 bits per heavy atom. The molecule has 1 aromatic carbocycles. The summed E-state index contributed by atoms with van der Waals surface area (Å²) in [5.74, 6) is 2.23. The molecule has 2 heterocycles. The maximum atomic E-state index is 5.73. The monoisotopic (exact) mass is 271 g/mol. The van der Waals surface area contributed by atoms with Gasteiger partial charge in [-0.1, -0.05) is 25.1 Å². The van der Waals surface area contributed by atoms with Crippen LogP contribution in [0.25, 0.3) is 11.5 Å². The van der Waals surface area contributed by atoms with Crippen LogP contribution in [-0.2, 0) is 6.42 Å². The lowest BCUT2D eigenvalue weighted by molar-refractivity contribution is 0.191. The highest BCUT2D eigenvalue weighted by Gasteiger charge is 2.16. The molecule has 106 valence electrons. The van der Waals surface area contributed by atoms with Crippen LogP contribution in [-0.4, -0.2) is 34.7 Å². The van der Waals surface area contributed by atoms with Gasteiger partial charge in [-0.25, -0.2) is 0 Å². The minimum absolute atomic E-state index is 0.618. The van der Waals surface area contributed by atoms with Gasteiger partial charge in [0.2, 0.25) is 11.8 Å². The highest BCUT2D eigenvalue weighted by molar-refractivity contribution is 5.51. The molecule has 0 saturated carbocycles. The molecule has 0 aliphatic carbocycles. The molecular formula is C16H21N3O. The molecule has 4 nitrogen and oxygen atoms in total. The molecule has 0 atom stereocenters. The third-order valence-electron chi connectivity index (χ3n) is 4.01. The SMILES string of the molecule is CC1CCN(CCc2nnc(-c3ccccc3)o2)CC1. The van der Waals surface area contributed by atoms with E-state index in [-0.39, 0.29) is 0 Å². The van der Waals surface area contributed by atoms with Gasteiger partial charge in [-0.2, -0.15) is 0 Å². The molecule has 1 fully saturated rings. The number of benzene rings is 1. The zero-order valence-electron chi connectivity index (χ0n) is 12.0. The van der Waals surface area contributed by atoms with Crippen molar-refractivity contribution >= 4 is 0 Å². The first-order chi connectivity index (χ1) is 9.81. The second-order valence-electron chi connectivity index (χ2n) is 5.64. The van der Waals surface area contributed by atoms with Crippen molar-refractivity contribution in [3.63, 3.8) is 0 Å². The van der Waals surface area contributed by atoms with Crippen LogP contribution in [0.3, 0.4) is 0 Å². The predicted molar refractivity (Wildman–Crippen MR) is 78.3 cm³/mol. The Morgan fingerprint density at radius 1 is 1.15 bits per heavy atom. The number of hydrogen-bond donors (Lipinski definition) is 0. The van der Waals surface area contributed by atoms with Crippen molar-refractivity contribution in [2.24, 2.45) is 5.92 Å². The van der Waals surface area contributed by atoms with Gasteiger partial charge in [-0.05, 0) is 44.0 Å². The first kappa shape index (κ1) is 13.3. The number of rotatable bonds is 4. The van der Waals surface area contributed by atoms with E-state index in [0.29, 0.717) is 5.89 Å². The summed E-state index contributed by atoms with van der Waals surface area (Å²) in [4.78, 5) is 2.49. The fraction of sp³-hybridized carbons (Fsp3) is 0.500. The smallest absolute Gasteiger partial charge is 0.247 e. The summed E-state index contributed by atoms with van der Waals surface area (Å²) in [6.45, 7) is 5.74. The number of aromatic nitrogens is 2. The molecule has 0 bridgehead atoms. The summed E-state index contributed by atoms with van der Waals surface area (Å²) in [5.41, 5.74) is 0.984. The molecule has 1 aliphatic rings. The highest BCUT2D eigenvalue weighted by Crippen LogP contribution is 2.18. The summed E-state index contributed by atoms with van der Waals surface area (Å²) in [7, 11) is 0. The quantitative estimate of drug-likeness (QED) is 0.857. The largest absolute Gasteiger partial charge is 0.421 e. The molecule has 0 unspecified atom stereocenters. The molecule has 20 heavy (non-hydrogen) atoms. The van der Waals surface area contributed by atoms with E-state index in [0.717, 1.165) is 30.3 Å². The lowest BCUT2D eigenvalue weighted by Crippen LogP contribution is -2.34. The zero-order valence-corrected chi connectivity index (χ0v) is 12.0. The van der Waals surface area contributed by atoms with Crippen molar-refractivity contribution in [2.45, 2.75) is 26.2 Å². The topological polar surface area (TPSA) is 42.2 Å². The molecule has 4 heteroatoms. The molecule has 1 aliphatic heterocycles. The maximum absolute atomic E-state index is 5.73. The minimum atomic E-state index is 0.618. The van der Waals surface area contributed by atoms with Crippen molar-refractivity contribution in [2.75, 3.05) is 19.6 Å². The van der Waals surface area contributed by atoms with E-state index in [1.54, 1.807) is 0 Å². The minimum Gasteiger partial charge on any atom is -0.421 e. The van der Waals surface area contributed by atoms with Crippen molar-refractivity contribution in [1.82, 2.24) is 15.1 Å². The molecule has 0 radical (unpaired) electrons. The lowest BCUT2D eigenvalue weighted by atomic mass is 9.99. The second kappa shape index (κ2) is 6.18. The van der Waals surface area contributed by atoms with Gasteiger partial charge in [0.05, 0.1) is 0 Å². The van der Waals surface area contributed by atoms with Gasteiger partial charge in [0.15, 0.2) is 0 Å². The molecule has 0 amide bonds. The maximum Gasteiger partial charge on any atom is 0.247 e. The van der Waals surface area contributed by atoms with E-state index in [2.05, 4.69) is 22.0 Å². The van der Waals surface area contributed by atoms with E-state index in [4.69, 9.17) is 4.42 Å². The number of nitrogens with zero attached hydrogens (tertiary/aromatic N) is 3. The van der Waals surface area contributed by atoms with E-state index < -0.39 is 0 Å². The third kappa shape index (κ3) is 3.25. The molecule has 1 saturated heterocycles.